The maximum absolute atomic E-state index is 10.9. The summed E-state index contributed by atoms with van der Waals surface area (Å²) in [6, 6.07) is 6.76. The van der Waals surface area contributed by atoms with Crippen LogP contribution in [0.3, 0.4) is 0 Å². The summed E-state index contributed by atoms with van der Waals surface area (Å²) in [5, 5.41) is 8.58. The number of carbonyl (C=O) groups is 2. The third-order valence-corrected chi connectivity index (χ3v) is 2.80. The largest absolute Gasteiger partial charge is 0.481 e. The molecule has 1 rings (SSSR count). The van der Waals surface area contributed by atoms with Gasteiger partial charge in [0, 0.05) is 5.56 Å². The van der Waals surface area contributed by atoms with Gasteiger partial charge >= 0.3 is 5.97 Å². The molecule has 0 unspecified atom stereocenters. The lowest BCUT2D eigenvalue weighted by Crippen LogP contribution is -2.10. The van der Waals surface area contributed by atoms with E-state index in [0.29, 0.717) is 22.5 Å². The molecule has 0 spiro atoms. The molecule has 7 heteroatoms. The first-order valence-electron chi connectivity index (χ1n) is 5.10. The van der Waals surface area contributed by atoms with Crippen molar-refractivity contribution < 1.29 is 19.4 Å². The zero-order valence-corrected chi connectivity index (χ0v) is 11.4. The van der Waals surface area contributed by atoms with E-state index in [9.17, 15) is 9.59 Å². The van der Waals surface area contributed by atoms with Crippen LogP contribution in [0.15, 0.2) is 29.2 Å². The molecule has 0 aliphatic rings. The van der Waals surface area contributed by atoms with Crippen LogP contribution >= 0.6 is 24.0 Å². The summed E-state index contributed by atoms with van der Waals surface area (Å²) in [6.45, 7) is -0.455. The third kappa shape index (κ3) is 5.54. The molecule has 0 aromatic heterocycles. The molecule has 0 saturated carbocycles. The summed E-state index contributed by atoms with van der Waals surface area (Å²) in [5.41, 5.74) is 5.92. The zero-order chi connectivity index (χ0) is 14.3. The summed E-state index contributed by atoms with van der Waals surface area (Å²) >= 11 is 5.66. The highest BCUT2D eigenvalue weighted by molar-refractivity contribution is 8.26. The first kappa shape index (κ1) is 15.2. The van der Waals surface area contributed by atoms with Crippen LogP contribution in [0.2, 0.25) is 0 Å². The lowest BCUT2D eigenvalue weighted by Gasteiger charge is -2.07. The van der Waals surface area contributed by atoms with E-state index in [4.69, 9.17) is 27.8 Å². The quantitative estimate of drug-likeness (QED) is 0.469. The number of thioether (sulfide) groups is 1. The Morgan fingerprint density at radius 1 is 1.47 bits per heavy atom. The number of aliphatic carboxylic acids is 1. The monoisotopic (exact) mass is 297 g/mol. The topological polar surface area (TPSA) is 89.6 Å². The van der Waals surface area contributed by atoms with E-state index in [-0.39, 0.29) is 4.32 Å². The molecule has 0 fully saturated rings. The average Bonchev–Trinajstić information content (AvgIpc) is 2.36. The van der Waals surface area contributed by atoms with Crippen LogP contribution in [0.25, 0.3) is 6.08 Å². The highest BCUT2D eigenvalue weighted by atomic mass is 32.2. The molecule has 0 heterocycles. The van der Waals surface area contributed by atoms with Gasteiger partial charge in [0.2, 0.25) is 0 Å². The fourth-order valence-electron chi connectivity index (χ4n) is 1.23. The molecule has 0 saturated heterocycles. The molecule has 0 aliphatic heterocycles. The minimum absolute atomic E-state index is 0.127. The van der Waals surface area contributed by atoms with E-state index in [0.717, 1.165) is 11.8 Å². The van der Waals surface area contributed by atoms with E-state index in [1.165, 1.54) is 6.08 Å². The smallest absolute Gasteiger partial charge is 0.341 e. The number of allylic oxidation sites excluding steroid dienone is 1. The Hall–Kier alpha value is -1.86. The second-order valence-corrected chi connectivity index (χ2v) is 5.12. The lowest BCUT2D eigenvalue weighted by atomic mass is 10.2. The molecule has 5 nitrogen and oxygen atoms in total. The molecule has 1 aromatic rings. The van der Waals surface area contributed by atoms with Crippen LogP contribution in [0.4, 0.5) is 0 Å². The summed E-state index contributed by atoms with van der Waals surface area (Å²) in [4.78, 5) is 21.7. The minimum atomic E-state index is -1.08. The molecular weight excluding hydrogens is 286 g/mol. The molecule has 0 bridgehead atoms. The first-order valence-corrected chi connectivity index (χ1v) is 6.33. The van der Waals surface area contributed by atoms with E-state index >= 15 is 0 Å². The number of carboxylic acid groups (broad SMARTS) is 1. The molecule has 0 aliphatic carbocycles. The number of hydrogen-bond acceptors (Lipinski definition) is 5. The summed E-state index contributed by atoms with van der Waals surface area (Å²) < 4.78 is 5.24. The Kier molecular flexibility index (Phi) is 6.04. The molecular formula is C12H11NO4S2. The van der Waals surface area contributed by atoms with Crippen molar-refractivity contribution in [2.24, 2.45) is 5.73 Å². The van der Waals surface area contributed by atoms with Crippen molar-refractivity contribution in [1.82, 2.24) is 0 Å². The van der Waals surface area contributed by atoms with Gasteiger partial charge in [0.1, 0.15) is 10.1 Å². The van der Waals surface area contributed by atoms with Gasteiger partial charge in [0.05, 0.1) is 4.91 Å². The maximum atomic E-state index is 10.9. The highest BCUT2D eigenvalue weighted by Crippen LogP contribution is 2.24. The maximum Gasteiger partial charge on any atom is 0.341 e. The lowest BCUT2D eigenvalue weighted by molar-refractivity contribution is -0.139. The number of aldehydes is 1. The van der Waals surface area contributed by atoms with Gasteiger partial charge in [-0.3, -0.25) is 4.79 Å². The number of thiocarbonyl (C=S) groups is 1. The average molecular weight is 297 g/mol. The van der Waals surface area contributed by atoms with Crippen LogP contribution in [-0.2, 0) is 9.59 Å². The molecule has 0 atom stereocenters. The van der Waals surface area contributed by atoms with Crippen LogP contribution in [0, 0.1) is 0 Å². The Morgan fingerprint density at radius 2 is 2.16 bits per heavy atom. The van der Waals surface area contributed by atoms with Gasteiger partial charge in [-0.2, -0.15) is 0 Å². The van der Waals surface area contributed by atoms with Gasteiger partial charge in [-0.25, -0.2) is 4.79 Å². The number of benzene rings is 1. The summed E-state index contributed by atoms with van der Waals surface area (Å²) in [6.07, 6.45) is 2.16. The second-order valence-electron chi connectivity index (χ2n) is 3.31. The predicted octanol–water partition coefficient (Wildman–Crippen LogP) is 1.67. The van der Waals surface area contributed by atoms with Crippen molar-refractivity contribution in [3.8, 4) is 5.75 Å². The summed E-state index contributed by atoms with van der Waals surface area (Å²) in [5.74, 6) is -0.709. The molecule has 0 amide bonds. The van der Waals surface area contributed by atoms with Crippen LogP contribution in [-0.4, -0.2) is 28.3 Å². The van der Waals surface area contributed by atoms with Crippen molar-refractivity contribution in [2.45, 2.75) is 0 Å². The van der Waals surface area contributed by atoms with E-state index in [1.54, 1.807) is 24.3 Å². The minimum Gasteiger partial charge on any atom is -0.481 e. The van der Waals surface area contributed by atoms with Gasteiger partial charge in [-0.05, 0) is 12.1 Å². The van der Waals surface area contributed by atoms with Gasteiger partial charge in [-0.1, -0.05) is 42.2 Å². The normalized spacial score (nSPS) is 10.8. The van der Waals surface area contributed by atoms with Gasteiger partial charge in [0.15, 0.2) is 12.9 Å². The van der Waals surface area contributed by atoms with Crippen LogP contribution in [0.5, 0.6) is 5.75 Å². The van der Waals surface area contributed by atoms with E-state index in [2.05, 4.69) is 0 Å². The van der Waals surface area contributed by atoms with Crippen molar-refractivity contribution in [3.05, 3.63) is 34.7 Å². The molecule has 1 aromatic carbocycles. The Bertz CT molecular complexity index is 528. The highest BCUT2D eigenvalue weighted by Gasteiger charge is 2.06. The van der Waals surface area contributed by atoms with Crippen LogP contribution in [0.1, 0.15) is 5.56 Å². The van der Waals surface area contributed by atoms with Crippen molar-refractivity contribution >= 4 is 46.6 Å². The van der Waals surface area contributed by atoms with Crippen molar-refractivity contribution in [1.29, 1.82) is 0 Å². The Balaban J connectivity index is 2.98. The molecule has 0 radical (unpaired) electrons. The molecule has 100 valence electrons. The zero-order valence-electron chi connectivity index (χ0n) is 9.74. The number of hydrogen-bond donors (Lipinski definition) is 2. The van der Waals surface area contributed by atoms with Gasteiger partial charge in [0.25, 0.3) is 0 Å². The fraction of sp³-hybridized carbons (Fsp3) is 0.0833. The number of para-hydroxylation sites is 1. The van der Waals surface area contributed by atoms with Gasteiger partial charge < -0.3 is 15.6 Å². The van der Waals surface area contributed by atoms with E-state index < -0.39 is 12.6 Å². The Labute approximate surface area is 119 Å². The number of rotatable bonds is 6. The Morgan fingerprint density at radius 3 is 2.74 bits per heavy atom. The number of nitrogens with two attached hydrogens (primary N) is 1. The second kappa shape index (κ2) is 7.55. The fourth-order valence-corrected chi connectivity index (χ4v) is 1.98. The van der Waals surface area contributed by atoms with Crippen molar-refractivity contribution in [2.75, 3.05) is 6.61 Å². The van der Waals surface area contributed by atoms with Crippen molar-refractivity contribution in [3.63, 3.8) is 0 Å². The molecule has 3 N–H and O–H groups in total. The van der Waals surface area contributed by atoms with E-state index in [1.807, 2.05) is 0 Å². The number of carbonyl (C=O) groups excluding carboxylic acids is 1. The van der Waals surface area contributed by atoms with Gasteiger partial charge in [-0.15, -0.1) is 0 Å². The first-order chi connectivity index (χ1) is 9.02. The molecule has 19 heavy (non-hydrogen) atoms. The summed E-state index contributed by atoms with van der Waals surface area (Å²) in [7, 11) is 0. The number of carboxylic acids is 1. The predicted molar refractivity (Wildman–Crippen MR) is 78.0 cm³/mol. The third-order valence-electron chi connectivity index (χ3n) is 1.90. The number of ether oxygens (including phenoxy) is 1. The SMILES string of the molecule is NC(=S)S/C(C=O)=C\c1ccccc1OCC(=O)O. The standard InChI is InChI=1S/C12H11NO4S2/c13-12(18)19-9(6-14)5-8-3-1-2-4-10(8)17-7-11(15)16/h1-6H,7H2,(H2,13,18)(H,15,16)/b9-5-. The van der Waals surface area contributed by atoms with Crippen LogP contribution < -0.4 is 10.5 Å².